The Morgan fingerprint density at radius 2 is 1.97 bits per heavy atom. The second kappa shape index (κ2) is 8.97. The minimum atomic E-state index is -0.605. The van der Waals surface area contributed by atoms with E-state index in [0.29, 0.717) is 5.69 Å². The molecule has 0 radical (unpaired) electrons. The Morgan fingerprint density at radius 1 is 1.23 bits per heavy atom. The van der Waals surface area contributed by atoms with Crippen LogP contribution in [0.5, 0.6) is 0 Å². The van der Waals surface area contributed by atoms with Crippen LogP contribution in [0.4, 0.5) is 0 Å². The molecule has 0 aliphatic rings. The number of benzene rings is 2. The lowest BCUT2D eigenvalue weighted by molar-refractivity contribution is 0.0947. The molecule has 1 amide bonds. The van der Waals surface area contributed by atoms with Crippen molar-refractivity contribution in [3.05, 3.63) is 92.4 Å². The van der Waals surface area contributed by atoms with Crippen LogP contribution in [0.25, 0.3) is 5.69 Å². The summed E-state index contributed by atoms with van der Waals surface area (Å²) in [6.07, 6.45) is 2.37. The minimum Gasteiger partial charge on any atom is -0.266 e. The van der Waals surface area contributed by atoms with E-state index < -0.39 is 11.5 Å². The summed E-state index contributed by atoms with van der Waals surface area (Å²) < 4.78 is 1.07. The van der Waals surface area contributed by atoms with E-state index in [9.17, 15) is 14.9 Å². The number of carbonyl (C=O) groups is 1. The average molecular weight is 399 g/mol. The van der Waals surface area contributed by atoms with Gasteiger partial charge in [0, 0.05) is 5.56 Å². The predicted octanol–water partition coefficient (Wildman–Crippen LogP) is 3.05. The fourth-order valence-electron chi connectivity index (χ4n) is 2.97. The Balaban J connectivity index is 1.96. The van der Waals surface area contributed by atoms with Crippen molar-refractivity contribution in [1.29, 1.82) is 5.26 Å². The fraction of sp³-hybridized carbons (Fsp3) is 0.174. The first-order chi connectivity index (χ1) is 14.4. The van der Waals surface area contributed by atoms with E-state index in [0.717, 1.165) is 27.8 Å². The van der Waals surface area contributed by atoms with Gasteiger partial charge in [-0.1, -0.05) is 48.9 Å². The van der Waals surface area contributed by atoms with Crippen LogP contribution in [0, 0.1) is 25.2 Å². The number of nitriles is 1. The molecular formula is C23H21N5O2. The molecule has 1 heterocycles. The molecular weight excluding hydrogens is 378 g/mol. The van der Waals surface area contributed by atoms with Crippen molar-refractivity contribution in [2.45, 2.75) is 27.2 Å². The third-order valence-electron chi connectivity index (χ3n) is 4.67. The van der Waals surface area contributed by atoms with Gasteiger partial charge in [-0.2, -0.15) is 20.1 Å². The molecule has 0 spiro atoms. The lowest BCUT2D eigenvalue weighted by Crippen LogP contribution is -2.31. The van der Waals surface area contributed by atoms with Crippen LogP contribution in [-0.2, 0) is 6.42 Å². The van der Waals surface area contributed by atoms with E-state index in [4.69, 9.17) is 0 Å². The van der Waals surface area contributed by atoms with Gasteiger partial charge in [0.15, 0.2) is 5.69 Å². The summed E-state index contributed by atoms with van der Waals surface area (Å²) in [6, 6.07) is 16.8. The summed E-state index contributed by atoms with van der Waals surface area (Å²) in [5.74, 6) is -0.605. The molecule has 3 aromatic rings. The second-order valence-corrected chi connectivity index (χ2v) is 6.81. The second-order valence-electron chi connectivity index (χ2n) is 6.81. The lowest BCUT2D eigenvalue weighted by atomic mass is 10.1. The van der Waals surface area contributed by atoms with Gasteiger partial charge in [0.2, 0.25) is 0 Å². The van der Waals surface area contributed by atoms with E-state index in [-0.39, 0.29) is 16.8 Å². The summed E-state index contributed by atoms with van der Waals surface area (Å²) in [4.78, 5) is 25.4. The largest absolute Gasteiger partial charge is 0.292 e. The lowest BCUT2D eigenvalue weighted by Gasteiger charge is -2.11. The van der Waals surface area contributed by atoms with Gasteiger partial charge in [-0.25, -0.2) is 5.43 Å². The van der Waals surface area contributed by atoms with Crippen LogP contribution in [0.3, 0.4) is 0 Å². The minimum absolute atomic E-state index is 0.0351. The quantitative estimate of drug-likeness (QED) is 0.526. The fourth-order valence-corrected chi connectivity index (χ4v) is 2.97. The molecule has 1 N–H and O–H groups in total. The number of hydrazone groups is 1. The smallest absolute Gasteiger partial charge is 0.266 e. The zero-order chi connectivity index (χ0) is 21.7. The van der Waals surface area contributed by atoms with Gasteiger partial charge >= 0.3 is 0 Å². The Bertz CT molecular complexity index is 1220. The van der Waals surface area contributed by atoms with Crippen LogP contribution in [0.1, 0.15) is 45.2 Å². The van der Waals surface area contributed by atoms with Crippen molar-refractivity contribution in [3.63, 3.8) is 0 Å². The van der Waals surface area contributed by atoms with Gasteiger partial charge in [0.05, 0.1) is 11.9 Å². The zero-order valence-corrected chi connectivity index (χ0v) is 17.0. The van der Waals surface area contributed by atoms with Crippen molar-refractivity contribution in [3.8, 4) is 11.8 Å². The summed E-state index contributed by atoms with van der Waals surface area (Å²) >= 11 is 0. The maximum atomic E-state index is 12.7. The van der Waals surface area contributed by atoms with Crippen molar-refractivity contribution >= 4 is 12.1 Å². The SMILES string of the molecule is CCc1ccc(-n2nc(C(=O)N/N=C/c3cccc(C)c3)c(C)c(C#N)c2=O)cc1. The molecule has 3 rings (SSSR count). The van der Waals surface area contributed by atoms with Crippen LogP contribution in [0.15, 0.2) is 58.4 Å². The van der Waals surface area contributed by atoms with Crippen molar-refractivity contribution < 1.29 is 4.79 Å². The van der Waals surface area contributed by atoms with E-state index >= 15 is 0 Å². The number of amides is 1. The Kier molecular flexibility index (Phi) is 6.18. The molecule has 7 nitrogen and oxygen atoms in total. The normalized spacial score (nSPS) is 10.7. The summed E-state index contributed by atoms with van der Waals surface area (Å²) in [6.45, 7) is 5.51. The molecule has 30 heavy (non-hydrogen) atoms. The number of hydrogen-bond acceptors (Lipinski definition) is 5. The van der Waals surface area contributed by atoms with Crippen LogP contribution in [0.2, 0.25) is 0 Å². The van der Waals surface area contributed by atoms with E-state index in [1.165, 1.54) is 13.1 Å². The Labute approximate surface area is 174 Å². The topological polar surface area (TPSA) is 100 Å². The molecule has 2 aromatic carbocycles. The van der Waals surface area contributed by atoms with Gasteiger partial charge in [0.1, 0.15) is 11.6 Å². The average Bonchev–Trinajstić information content (AvgIpc) is 2.74. The van der Waals surface area contributed by atoms with Crippen molar-refractivity contribution in [2.75, 3.05) is 0 Å². The van der Waals surface area contributed by atoms with Gasteiger partial charge in [-0.15, -0.1) is 0 Å². The van der Waals surface area contributed by atoms with E-state index in [2.05, 4.69) is 15.6 Å². The monoisotopic (exact) mass is 399 g/mol. The standard InChI is InChI=1S/C23H21N5O2/c1-4-17-8-10-19(11-9-17)28-23(30)20(13-24)16(3)21(27-28)22(29)26-25-14-18-7-5-6-15(2)12-18/h5-12,14H,4H2,1-3H3,(H,26,29)/b25-14+. The molecule has 0 atom stereocenters. The molecule has 0 saturated heterocycles. The molecule has 7 heteroatoms. The van der Waals surface area contributed by atoms with Gasteiger partial charge in [-0.05, 0) is 43.5 Å². The zero-order valence-electron chi connectivity index (χ0n) is 17.0. The predicted molar refractivity (Wildman–Crippen MR) is 115 cm³/mol. The highest BCUT2D eigenvalue weighted by Gasteiger charge is 2.20. The summed E-state index contributed by atoms with van der Waals surface area (Å²) in [7, 11) is 0. The first-order valence-corrected chi connectivity index (χ1v) is 9.48. The van der Waals surface area contributed by atoms with E-state index in [1.54, 1.807) is 12.1 Å². The molecule has 0 aliphatic carbocycles. The summed E-state index contributed by atoms with van der Waals surface area (Å²) in [5.41, 5.74) is 5.38. The van der Waals surface area contributed by atoms with Gasteiger partial charge < -0.3 is 0 Å². The number of aromatic nitrogens is 2. The van der Waals surface area contributed by atoms with Crippen molar-refractivity contribution in [1.82, 2.24) is 15.2 Å². The molecule has 0 unspecified atom stereocenters. The molecule has 0 fully saturated rings. The van der Waals surface area contributed by atoms with Crippen LogP contribution in [-0.4, -0.2) is 21.9 Å². The van der Waals surface area contributed by atoms with Crippen LogP contribution < -0.4 is 11.0 Å². The first kappa shape index (κ1) is 20.7. The maximum Gasteiger partial charge on any atom is 0.292 e. The molecule has 0 saturated carbocycles. The number of nitrogens with zero attached hydrogens (tertiary/aromatic N) is 4. The molecule has 0 aliphatic heterocycles. The van der Waals surface area contributed by atoms with E-state index in [1.807, 2.05) is 56.3 Å². The van der Waals surface area contributed by atoms with Gasteiger partial charge in [0.25, 0.3) is 11.5 Å². The number of rotatable bonds is 5. The molecule has 1 aromatic heterocycles. The number of aryl methyl sites for hydroxylation is 2. The molecule has 0 bridgehead atoms. The number of carbonyl (C=O) groups excluding carboxylic acids is 1. The maximum absolute atomic E-state index is 12.7. The number of nitrogens with one attached hydrogen (secondary N) is 1. The molecule has 150 valence electrons. The third kappa shape index (κ3) is 4.33. The summed E-state index contributed by atoms with van der Waals surface area (Å²) in [5, 5.41) is 17.6. The van der Waals surface area contributed by atoms with Crippen LogP contribution >= 0.6 is 0 Å². The highest BCUT2D eigenvalue weighted by atomic mass is 16.2. The van der Waals surface area contributed by atoms with Crippen molar-refractivity contribution in [2.24, 2.45) is 5.10 Å². The highest BCUT2D eigenvalue weighted by Crippen LogP contribution is 2.12. The number of hydrogen-bond donors (Lipinski definition) is 1. The Hall–Kier alpha value is -4.05. The third-order valence-corrected chi connectivity index (χ3v) is 4.67. The first-order valence-electron chi connectivity index (χ1n) is 9.48. The highest BCUT2D eigenvalue weighted by molar-refractivity contribution is 5.94. The Morgan fingerprint density at radius 3 is 2.60 bits per heavy atom. The van der Waals surface area contributed by atoms with Gasteiger partial charge in [-0.3, -0.25) is 9.59 Å².